The monoisotopic (exact) mass is 369 g/mol. The molecule has 0 aliphatic rings. The van der Waals surface area contributed by atoms with Gasteiger partial charge in [0.25, 0.3) is 5.91 Å². The van der Waals surface area contributed by atoms with E-state index < -0.39 is 11.6 Å². The molecule has 1 aromatic heterocycles. The summed E-state index contributed by atoms with van der Waals surface area (Å²) in [5.41, 5.74) is 2.56. The number of hydrogen-bond acceptors (Lipinski definition) is 2. The summed E-state index contributed by atoms with van der Waals surface area (Å²) in [5.74, 6) is -0.490. The van der Waals surface area contributed by atoms with Crippen molar-refractivity contribution >= 4 is 11.7 Å². The van der Waals surface area contributed by atoms with Gasteiger partial charge in [-0.3, -0.25) is 4.79 Å². The van der Waals surface area contributed by atoms with Crippen molar-refractivity contribution in [2.75, 3.05) is 5.32 Å². The highest BCUT2D eigenvalue weighted by Gasteiger charge is 2.15. The van der Waals surface area contributed by atoms with E-state index in [1.165, 1.54) is 4.68 Å². The Morgan fingerprint density at radius 1 is 1.15 bits per heavy atom. The highest BCUT2D eigenvalue weighted by molar-refractivity contribution is 6.04. The lowest BCUT2D eigenvalue weighted by atomic mass is 10.0. The van der Waals surface area contributed by atoms with Gasteiger partial charge in [-0.15, -0.1) is 0 Å². The molecule has 1 heterocycles. The van der Waals surface area contributed by atoms with E-state index in [-0.39, 0.29) is 18.0 Å². The average molecular weight is 369 g/mol. The molecule has 1 amide bonds. The lowest BCUT2D eigenvalue weighted by Crippen LogP contribution is -2.17. The fraction of sp³-hybridized carbons (Fsp3) is 0.238. The summed E-state index contributed by atoms with van der Waals surface area (Å²) in [5, 5.41) is 7.00. The number of halogens is 2. The topological polar surface area (TPSA) is 46.9 Å². The number of nitrogens with one attached hydrogen (secondary N) is 1. The van der Waals surface area contributed by atoms with Crippen molar-refractivity contribution in [1.82, 2.24) is 9.78 Å². The van der Waals surface area contributed by atoms with Crippen LogP contribution < -0.4 is 5.32 Å². The van der Waals surface area contributed by atoms with Crippen molar-refractivity contribution in [1.29, 1.82) is 0 Å². The second-order valence-corrected chi connectivity index (χ2v) is 6.80. The van der Waals surface area contributed by atoms with E-state index in [0.29, 0.717) is 17.3 Å². The van der Waals surface area contributed by atoms with E-state index in [2.05, 4.69) is 24.3 Å². The summed E-state index contributed by atoms with van der Waals surface area (Å²) in [7, 11) is 0. The molecule has 1 N–H and O–H groups in total. The summed E-state index contributed by atoms with van der Waals surface area (Å²) in [6, 6.07) is 10.7. The van der Waals surface area contributed by atoms with Gasteiger partial charge in [-0.2, -0.15) is 5.10 Å². The largest absolute Gasteiger partial charge is 0.307 e. The van der Waals surface area contributed by atoms with E-state index in [1.54, 1.807) is 25.3 Å². The molecule has 0 fully saturated rings. The number of carbonyl (C=O) groups is 1. The van der Waals surface area contributed by atoms with Crippen molar-refractivity contribution < 1.29 is 13.6 Å². The van der Waals surface area contributed by atoms with Crippen molar-refractivity contribution in [3.8, 4) is 0 Å². The lowest BCUT2D eigenvalue weighted by Gasteiger charge is -2.12. The molecule has 0 atom stereocenters. The molecule has 0 saturated carbocycles. The summed E-state index contributed by atoms with van der Waals surface area (Å²) < 4.78 is 28.8. The van der Waals surface area contributed by atoms with Gasteiger partial charge < -0.3 is 5.32 Å². The predicted molar refractivity (Wildman–Crippen MR) is 101 cm³/mol. The predicted octanol–water partition coefficient (Wildman–Crippen LogP) is 4.89. The number of benzene rings is 2. The minimum absolute atomic E-state index is 0.0132. The van der Waals surface area contributed by atoms with Crippen molar-refractivity contribution in [2.24, 2.45) is 0 Å². The molecule has 0 aliphatic heterocycles. The first-order valence-electron chi connectivity index (χ1n) is 8.73. The Bertz CT molecular complexity index is 962. The Balaban J connectivity index is 1.82. The number of aryl methyl sites for hydroxylation is 1. The van der Waals surface area contributed by atoms with Gasteiger partial charge in [-0.25, -0.2) is 13.5 Å². The number of hydrogen-bond donors (Lipinski definition) is 1. The molecule has 4 nitrogen and oxygen atoms in total. The van der Waals surface area contributed by atoms with E-state index in [1.807, 2.05) is 12.1 Å². The molecule has 3 aromatic rings. The third kappa shape index (κ3) is 4.22. The maximum absolute atomic E-state index is 13.9. The molecule has 27 heavy (non-hydrogen) atoms. The molecule has 2 aromatic carbocycles. The molecule has 6 heteroatoms. The quantitative estimate of drug-likeness (QED) is 0.696. The fourth-order valence-electron chi connectivity index (χ4n) is 2.79. The average Bonchev–Trinajstić information content (AvgIpc) is 2.98. The van der Waals surface area contributed by atoms with Gasteiger partial charge in [-0.1, -0.05) is 26.0 Å². The zero-order valence-corrected chi connectivity index (χ0v) is 15.5. The van der Waals surface area contributed by atoms with Crippen LogP contribution in [-0.4, -0.2) is 15.7 Å². The zero-order chi connectivity index (χ0) is 19.6. The van der Waals surface area contributed by atoms with E-state index >= 15 is 0 Å². The van der Waals surface area contributed by atoms with E-state index in [9.17, 15) is 13.6 Å². The molecule has 140 valence electrons. The Kier molecular flexibility index (Phi) is 5.35. The number of anilines is 1. The van der Waals surface area contributed by atoms with Gasteiger partial charge >= 0.3 is 0 Å². The van der Waals surface area contributed by atoms with Crippen molar-refractivity contribution in [3.05, 3.63) is 82.5 Å². The number of aromatic nitrogens is 2. The first kappa shape index (κ1) is 18.8. The van der Waals surface area contributed by atoms with Crippen LogP contribution in [0.15, 0.2) is 48.7 Å². The van der Waals surface area contributed by atoms with Gasteiger partial charge in [0, 0.05) is 16.7 Å². The highest BCUT2D eigenvalue weighted by atomic mass is 19.1. The number of amides is 1. The van der Waals surface area contributed by atoms with Crippen LogP contribution in [0.3, 0.4) is 0 Å². The van der Waals surface area contributed by atoms with Crippen LogP contribution in [0.2, 0.25) is 0 Å². The van der Waals surface area contributed by atoms with Crippen LogP contribution in [-0.2, 0) is 6.54 Å². The Morgan fingerprint density at radius 2 is 1.85 bits per heavy atom. The SMILES string of the molecule is Cc1cnn(Cc2cc(F)ccc2F)c1NC(=O)c1ccc(C(C)C)cc1. The second kappa shape index (κ2) is 7.70. The van der Waals surface area contributed by atoms with Crippen LogP contribution in [0.5, 0.6) is 0 Å². The lowest BCUT2D eigenvalue weighted by molar-refractivity contribution is 0.102. The fourth-order valence-corrected chi connectivity index (χ4v) is 2.79. The molecule has 0 radical (unpaired) electrons. The van der Waals surface area contributed by atoms with Crippen molar-refractivity contribution in [2.45, 2.75) is 33.2 Å². The molecule has 0 spiro atoms. The van der Waals surface area contributed by atoms with E-state index in [4.69, 9.17) is 0 Å². The van der Waals surface area contributed by atoms with Crippen LogP contribution in [0.1, 0.15) is 46.8 Å². The first-order valence-corrected chi connectivity index (χ1v) is 8.73. The molecule has 3 rings (SSSR count). The minimum Gasteiger partial charge on any atom is -0.307 e. The summed E-state index contributed by atoms with van der Waals surface area (Å²) in [6.07, 6.45) is 1.58. The number of rotatable bonds is 5. The minimum atomic E-state index is -0.522. The maximum atomic E-state index is 13.9. The van der Waals surface area contributed by atoms with Gasteiger partial charge in [0.1, 0.15) is 17.5 Å². The van der Waals surface area contributed by atoms with E-state index in [0.717, 1.165) is 29.3 Å². The molecule has 0 aliphatic carbocycles. The molecule has 0 unspecified atom stereocenters. The van der Waals surface area contributed by atoms with Crippen LogP contribution in [0.4, 0.5) is 14.6 Å². The summed E-state index contributed by atoms with van der Waals surface area (Å²) in [6.45, 7) is 5.98. The van der Waals surface area contributed by atoms with Gasteiger partial charge in [0.15, 0.2) is 0 Å². The maximum Gasteiger partial charge on any atom is 0.256 e. The van der Waals surface area contributed by atoms with Crippen LogP contribution in [0, 0.1) is 18.6 Å². The van der Waals surface area contributed by atoms with Crippen LogP contribution >= 0.6 is 0 Å². The molecule has 0 bridgehead atoms. The smallest absolute Gasteiger partial charge is 0.256 e. The third-order valence-corrected chi connectivity index (χ3v) is 4.42. The highest BCUT2D eigenvalue weighted by Crippen LogP contribution is 2.20. The van der Waals surface area contributed by atoms with Gasteiger partial charge in [0.05, 0.1) is 12.7 Å². The Hall–Kier alpha value is -3.02. The summed E-state index contributed by atoms with van der Waals surface area (Å²) >= 11 is 0. The second-order valence-electron chi connectivity index (χ2n) is 6.80. The Labute approximate surface area is 156 Å². The first-order chi connectivity index (χ1) is 12.8. The molecular weight excluding hydrogens is 348 g/mol. The summed E-state index contributed by atoms with van der Waals surface area (Å²) in [4.78, 5) is 12.6. The van der Waals surface area contributed by atoms with Gasteiger partial charge in [-0.05, 0) is 48.7 Å². The third-order valence-electron chi connectivity index (χ3n) is 4.42. The standard InChI is InChI=1S/C21H21F2N3O/c1-13(2)15-4-6-16(7-5-15)21(27)25-20-14(3)11-24-26(20)12-17-10-18(22)8-9-19(17)23/h4-11,13H,12H2,1-3H3,(H,25,27). The van der Waals surface area contributed by atoms with Crippen LogP contribution in [0.25, 0.3) is 0 Å². The molecule has 0 saturated heterocycles. The number of nitrogens with zero attached hydrogens (tertiary/aromatic N) is 2. The Morgan fingerprint density at radius 3 is 2.52 bits per heavy atom. The zero-order valence-electron chi connectivity index (χ0n) is 15.5. The van der Waals surface area contributed by atoms with Gasteiger partial charge in [0.2, 0.25) is 0 Å². The normalized spacial score (nSPS) is 11.0. The molecular formula is C21H21F2N3O. The number of carbonyl (C=O) groups excluding carboxylic acids is 1. The van der Waals surface area contributed by atoms with Crippen molar-refractivity contribution in [3.63, 3.8) is 0 Å².